The molecule has 12 aromatic rings. The molecule has 13 rings (SSSR count). The molecule has 448 valence electrons. The van der Waals surface area contributed by atoms with Crippen molar-refractivity contribution in [3.05, 3.63) is 274 Å². The molecule has 8 aromatic heterocycles. The first-order valence-electron chi connectivity index (χ1n) is 29.1. The fraction of sp³-hybridized carbons (Fsp3) is 0.167. The van der Waals surface area contributed by atoms with E-state index in [1.54, 1.807) is 0 Å². The van der Waals surface area contributed by atoms with Crippen molar-refractivity contribution in [2.75, 3.05) is 26.4 Å². The van der Waals surface area contributed by atoms with E-state index in [2.05, 4.69) is 185 Å². The molecule has 1 aliphatic heterocycles. The zero-order valence-electron chi connectivity index (χ0n) is 48.4. The number of H-pyrrole nitrogens is 2. The first kappa shape index (κ1) is 64.2. The van der Waals surface area contributed by atoms with Crippen LogP contribution in [0.3, 0.4) is 0 Å². The van der Waals surface area contributed by atoms with Crippen LogP contribution in [0.25, 0.3) is 57.2 Å². The highest BCUT2D eigenvalue weighted by atomic mass is 79.9. The second kappa shape index (κ2) is 31.1. The summed E-state index contributed by atoms with van der Waals surface area (Å²) < 4.78 is 31.0. The second-order valence-electron chi connectivity index (χ2n) is 21.1. The van der Waals surface area contributed by atoms with Gasteiger partial charge in [-0.3, -0.25) is 19.9 Å². The molecule has 12 nitrogen and oxygen atoms in total. The van der Waals surface area contributed by atoms with E-state index in [0.29, 0.717) is 26.4 Å². The van der Waals surface area contributed by atoms with Crippen LogP contribution in [0.4, 0.5) is 0 Å². The molecule has 8 bridgehead atoms. The van der Waals surface area contributed by atoms with Gasteiger partial charge < -0.3 is 38.0 Å². The first-order valence-corrected chi connectivity index (χ1v) is 29.1. The number of fused-ring (bicyclic) bond motifs is 13. The Kier molecular flexibility index (Phi) is 22.7. The third kappa shape index (κ3) is 15.7. The van der Waals surface area contributed by atoms with Crippen molar-refractivity contribution in [2.45, 2.75) is 51.4 Å². The van der Waals surface area contributed by atoms with E-state index >= 15 is 0 Å². The molecule has 0 fully saturated rings. The van der Waals surface area contributed by atoms with E-state index in [9.17, 15) is 0 Å². The van der Waals surface area contributed by atoms with Gasteiger partial charge in [0, 0.05) is 139 Å². The van der Waals surface area contributed by atoms with Gasteiger partial charge in [0.05, 0.1) is 37.8 Å². The summed E-state index contributed by atoms with van der Waals surface area (Å²) in [6.07, 6.45) is 22.8. The van der Waals surface area contributed by atoms with Crippen LogP contribution in [-0.2, 0) is 25.7 Å². The Hall–Kier alpha value is -8.28. The lowest BCUT2D eigenvalue weighted by molar-refractivity contribution is 0.295. The van der Waals surface area contributed by atoms with Gasteiger partial charge in [0.25, 0.3) is 0 Å². The number of aryl methyl sites for hydroxylation is 4. The van der Waals surface area contributed by atoms with Crippen LogP contribution in [0.2, 0.25) is 0 Å². The number of hydrogen-bond acceptors (Lipinski definition) is 8. The maximum atomic E-state index is 6.61. The van der Waals surface area contributed by atoms with Gasteiger partial charge in [-0.2, -0.15) is 0 Å². The summed E-state index contributed by atoms with van der Waals surface area (Å²) in [5, 5.41) is 8.39. The molecule has 16 heteroatoms. The molecule has 0 saturated carbocycles. The minimum absolute atomic E-state index is 0. The van der Waals surface area contributed by atoms with E-state index in [1.165, 1.54) is 0 Å². The number of aromatic nitrogens is 8. The summed E-state index contributed by atoms with van der Waals surface area (Å²) in [5.41, 5.74) is 9.87. The van der Waals surface area contributed by atoms with E-state index in [4.69, 9.17) is 18.9 Å². The molecule has 4 aromatic carbocycles. The number of rotatable bonds is 22. The van der Waals surface area contributed by atoms with Crippen LogP contribution >= 0.6 is 67.9 Å². The molecule has 0 aliphatic carbocycles. The molecule has 0 radical (unpaired) electrons. The first-order chi connectivity index (χ1) is 41.6. The molecular formula is C72H68Br4N8O4. The van der Waals surface area contributed by atoms with Crippen molar-refractivity contribution in [2.24, 2.45) is 0 Å². The topological polar surface area (TPSA) is 130 Å². The Morgan fingerprint density at radius 3 is 1.10 bits per heavy atom. The number of halogens is 4. The minimum atomic E-state index is 0. The zero-order valence-corrected chi connectivity index (χ0v) is 55.2. The lowest BCUT2D eigenvalue weighted by atomic mass is 10.0. The normalized spacial score (nSPS) is 11.3. The quantitative estimate of drug-likeness (QED) is 0.0642. The predicted molar refractivity (Wildman–Crippen MR) is 374 cm³/mol. The van der Waals surface area contributed by atoms with Gasteiger partial charge in [-0.25, -0.2) is 0 Å². The number of hydrogen-bond donors (Lipinski definition) is 2. The van der Waals surface area contributed by atoms with E-state index in [-0.39, 0.29) is 67.9 Å². The maximum absolute atomic E-state index is 6.61. The SMILES string of the molecule is Br.Br.Br.Br.C1=c2ccc([nH]2)=Cc2ccc(n2-c2cc(OCCCc3ccccn3)cc(OCCCc3ccccn3)c2)C=c2[nH]c(c3ccc4ccccc4c23)=Cc2ccc1n2-c1cc(OCCCc2ccccn2)cc(OCCCc2ccccn2)c1. The van der Waals surface area contributed by atoms with Crippen molar-refractivity contribution in [1.29, 1.82) is 0 Å². The molecule has 2 N–H and O–H groups in total. The highest BCUT2D eigenvalue weighted by Gasteiger charge is 2.17. The molecule has 0 atom stereocenters. The molecule has 9 heterocycles. The average Bonchev–Trinajstić information content (AvgIpc) is 3.60. The van der Waals surface area contributed by atoms with Crippen molar-refractivity contribution in [3.8, 4) is 34.4 Å². The third-order valence-electron chi connectivity index (χ3n) is 15.1. The molecule has 0 spiro atoms. The number of ether oxygens (including phenoxy) is 4. The van der Waals surface area contributed by atoms with Crippen molar-refractivity contribution < 1.29 is 18.9 Å². The van der Waals surface area contributed by atoms with Gasteiger partial charge in [-0.05, 0) is 171 Å². The molecule has 88 heavy (non-hydrogen) atoms. The minimum Gasteiger partial charge on any atom is -0.493 e. The highest BCUT2D eigenvalue weighted by Crippen LogP contribution is 2.32. The Morgan fingerprint density at radius 1 is 0.330 bits per heavy atom. The van der Waals surface area contributed by atoms with Crippen LogP contribution in [-0.4, -0.2) is 65.5 Å². The van der Waals surface area contributed by atoms with Crippen molar-refractivity contribution in [3.63, 3.8) is 0 Å². The second-order valence-corrected chi connectivity index (χ2v) is 21.1. The van der Waals surface area contributed by atoms with Crippen molar-refractivity contribution >= 4 is 114 Å². The standard InChI is InChI=1S/C72H64N8O4.4BrH/c1-2-24-68-51(15-1)25-32-69-70-47-60-30-28-58(79(60)62-43-64(81-37-11-20-52-16-3-7-33-73-52)49-65(44-62)82-38-12-21-53-17-4-8-34-74-53)41-56-26-27-57(77-56)42-59-29-31-61(48-71(78-70)72(68)69)80(59)63-45-66(83-39-13-22-54-18-5-9-35-75-54)50-67(46-63)84-40-14-23-55-19-6-10-36-76-55;;;;/h1-10,15-19,24-36,41-50,77-78H,11-14,20-23,37-40H2;4*1H. The average molecular weight is 1430 g/mol. The number of nitrogens with one attached hydrogen (secondary N) is 2. The lowest BCUT2D eigenvalue weighted by Gasteiger charge is -2.16. The van der Waals surface area contributed by atoms with Crippen LogP contribution in [0.15, 0.2) is 207 Å². The van der Waals surface area contributed by atoms with E-state index in [0.717, 1.165) is 174 Å². The number of pyridine rings is 4. The lowest BCUT2D eigenvalue weighted by Crippen LogP contribution is -2.14. The van der Waals surface area contributed by atoms with Crippen LogP contribution < -0.4 is 40.3 Å². The summed E-state index contributed by atoms with van der Waals surface area (Å²) in [4.78, 5) is 25.9. The fourth-order valence-electron chi connectivity index (χ4n) is 11.1. The van der Waals surface area contributed by atoms with Gasteiger partial charge >= 0.3 is 0 Å². The van der Waals surface area contributed by atoms with Gasteiger partial charge in [-0.15, -0.1) is 67.9 Å². The monoisotopic (exact) mass is 1420 g/mol. The molecular weight excluding hydrogens is 1360 g/mol. The number of nitrogens with zero attached hydrogens (tertiary/aromatic N) is 6. The summed E-state index contributed by atoms with van der Waals surface area (Å²) in [6.45, 7) is 2.07. The molecule has 0 amide bonds. The van der Waals surface area contributed by atoms with Gasteiger partial charge in [0.2, 0.25) is 0 Å². The largest absolute Gasteiger partial charge is 0.493 e. The van der Waals surface area contributed by atoms with E-state index in [1.807, 2.05) is 85.5 Å². The summed E-state index contributed by atoms with van der Waals surface area (Å²) in [5.74, 6) is 2.91. The van der Waals surface area contributed by atoms with Crippen LogP contribution in [0, 0.1) is 0 Å². The molecule has 0 saturated heterocycles. The van der Waals surface area contributed by atoms with Crippen LogP contribution in [0.5, 0.6) is 23.0 Å². The van der Waals surface area contributed by atoms with Crippen molar-refractivity contribution in [1.82, 2.24) is 39.0 Å². The highest BCUT2D eigenvalue weighted by molar-refractivity contribution is 8.93. The maximum Gasteiger partial charge on any atom is 0.125 e. The Bertz CT molecular complexity index is 4350. The third-order valence-corrected chi connectivity index (χ3v) is 15.1. The Labute approximate surface area is 553 Å². The van der Waals surface area contributed by atoms with Crippen LogP contribution in [0.1, 0.15) is 71.2 Å². The Morgan fingerprint density at radius 2 is 0.705 bits per heavy atom. The Balaban J connectivity index is 0.00000230. The summed E-state index contributed by atoms with van der Waals surface area (Å²) in [7, 11) is 0. The predicted octanol–water partition coefficient (Wildman–Crippen LogP) is 13.8. The van der Waals surface area contributed by atoms with Gasteiger partial charge in [-0.1, -0.05) is 60.7 Å². The zero-order chi connectivity index (χ0) is 56.3. The number of benzene rings is 4. The van der Waals surface area contributed by atoms with E-state index < -0.39 is 0 Å². The van der Waals surface area contributed by atoms with Gasteiger partial charge in [0.1, 0.15) is 23.0 Å². The number of aromatic amines is 2. The summed E-state index contributed by atoms with van der Waals surface area (Å²) in [6, 6.07) is 62.7. The fourth-order valence-corrected chi connectivity index (χ4v) is 11.1. The smallest absolute Gasteiger partial charge is 0.125 e. The molecule has 1 aliphatic rings. The summed E-state index contributed by atoms with van der Waals surface area (Å²) >= 11 is 0. The van der Waals surface area contributed by atoms with Gasteiger partial charge in [0.15, 0.2) is 0 Å². The molecule has 0 unspecified atom stereocenters.